The molecule has 0 aliphatic carbocycles. The summed E-state index contributed by atoms with van der Waals surface area (Å²) in [4.78, 5) is 11.4. The molecule has 0 atom stereocenters. The predicted molar refractivity (Wildman–Crippen MR) is 74.7 cm³/mol. The number of hydrogen-bond acceptors (Lipinski definition) is 4. The van der Waals surface area contributed by atoms with E-state index in [-0.39, 0.29) is 5.75 Å². The number of halogens is 2. The Morgan fingerprint density at radius 1 is 1.24 bits per heavy atom. The Morgan fingerprint density at radius 2 is 1.81 bits per heavy atom. The van der Waals surface area contributed by atoms with E-state index < -0.39 is 18.3 Å². The first-order chi connectivity index (χ1) is 9.67. The van der Waals surface area contributed by atoms with Crippen LogP contribution in [0.25, 0.3) is 0 Å². The van der Waals surface area contributed by atoms with Crippen LogP contribution in [0.5, 0.6) is 5.75 Å². The molecule has 5 nitrogen and oxygen atoms in total. The lowest BCUT2D eigenvalue weighted by Crippen LogP contribution is -2.30. The Labute approximate surface area is 121 Å². The molecule has 1 rings (SSSR count). The smallest absolute Gasteiger partial charge is 0.428 e. The van der Waals surface area contributed by atoms with Crippen LogP contribution in [0.4, 0.5) is 13.6 Å². The topological polar surface area (TPSA) is 59.9 Å². The molecule has 1 aromatic rings. The summed E-state index contributed by atoms with van der Waals surface area (Å²) in [6.07, 6.45) is -0.667. The molecule has 0 radical (unpaired) electrons. The molecule has 0 saturated heterocycles. The van der Waals surface area contributed by atoms with Gasteiger partial charge in [0.15, 0.2) is 0 Å². The fourth-order valence-electron chi connectivity index (χ4n) is 1.37. The van der Waals surface area contributed by atoms with Gasteiger partial charge in [-0.3, -0.25) is 0 Å². The van der Waals surface area contributed by atoms with Gasteiger partial charge < -0.3 is 9.47 Å². The maximum Gasteiger partial charge on any atom is 0.428 e. The van der Waals surface area contributed by atoms with E-state index in [0.29, 0.717) is 11.3 Å². The van der Waals surface area contributed by atoms with Crippen molar-refractivity contribution in [2.24, 2.45) is 5.10 Å². The van der Waals surface area contributed by atoms with E-state index in [2.05, 4.69) is 15.3 Å². The van der Waals surface area contributed by atoms with Gasteiger partial charge in [0.2, 0.25) is 0 Å². The molecule has 0 aliphatic heterocycles. The number of hydrogen-bond donors (Lipinski definition) is 1. The van der Waals surface area contributed by atoms with Crippen molar-refractivity contribution in [1.82, 2.24) is 5.43 Å². The highest BCUT2D eigenvalue weighted by atomic mass is 19.3. The molecular weight excluding hydrogens is 282 g/mol. The minimum atomic E-state index is -2.86. The first-order valence-electron chi connectivity index (χ1n) is 6.26. The highest BCUT2D eigenvalue weighted by Crippen LogP contribution is 2.15. The number of carbonyl (C=O) groups excluding carboxylic acids is 1. The van der Waals surface area contributed by atoms with Crippen LogP contribution >= 0.6 is 0 Å². The maximum atomic E-state index is 12.0. The fourth-order valence-corrected chi connectivity index (χ4v) is 1.37. The molecule has 0 bridgehead atoms. The standard InChI is InChI=1S/C14H18F2N2O3/c1-9(17-18-13(19)21-14(2,3)4)10-5-7-11(8-6-10)20-12(15)16/h5-8,12H,1-4H3,(H,18,19)/b17-9+. The first kappa shape index (κ1) is 16.9. The molecular formula is C14H18F2N2O3. The van der Waals surface area contributed by atoms with Crippen molar-refractivity contribution in [2.45, 2.75) is 39.9 Å². The molecule has 7 heteroatoms. The summed E-state index contributed by atoms with van der Waals surface area (Å²) in [5.41, 5.74) is 2.81. The summed E-state index contributed by atoms with van der Waals surface area (Å²) < 4.78 is 33.3. The third kappa shape index (κ3) is 6.69. The van der Waals surface area contributed by atoms with Crippen molar-refractivity contribution in [3.8, 4) is 5.75 Å². The Morgan fingerprint density at radius 3 is 2.29 bits per heavy atom. The van der Waals surface area contributed by atoms with E-state index in [4.69, 9.17) is 4.74 Å². The number of nitrogens with one attached hydrogen (secondary N) is 1. The molecule has 21 heavy (non-hydrogen) atoms. The Kier molecular flexibility index (Phi) is 5.63. The molecule has 1 N–H and O–H groups in total. The second kappa shape index (κ2) is 7.01. The van der Waals surface area contributed by atoms with Gasteiger partial charge in [0, 0.05) is 0 Å². The molecule has 0 aromatic heterocycles. The van der Waals surface area contributed by atoms with Crippen LogP contribution in [0, 0.1) is 0 Å². The third-order valence-corrected chi connectivity index (χ3v) is 2.21. The van der Waals surface area contributed by atoms with Crippen LogP contribution < -0.4 is 10.2 Å². The van der Waals surface area contributed by atoms with Crippen molar-refractivity contribution in [1.29, 1.82) is 0 Å². The minimum absolute atomic E-state index is 0.0571. The van der Waals surface area contributed by atoms with Crippen LogP contribution in [-0.2, 0) is 4.74 Å². The van der Waals surface area contributed by atoms with Gasteiger partial charge in [0.25, 0.3) is 0 Å². The van der Waals surface area contributed by atoms with Crippen molar-refractivity contribution >= 4 is 11.8 Å². The van der Waals surface area contributed by atoms with Gasteiger partial charge in [-0.15, -0.1) is 0 Å². The van der Waals surface area contributed by atoms with Crippen LogP contribution in [0.1, 0.15) is 33.3 Å². The average Bonchev–Trinajstić information content (AvgIpc) is 2.34. The Balaban J connectivity index is 2.64. The fraction of sp³-hybridized carbons (Fsp3) is 0.429. The quantitative estimate of drug-likeness (QED) is 0.683. The van der Waals surface area contributed by atoms with Crippen molar-refractivity contribution < 1.29 is 23.0 Å². The lowest BCUT2D eigenvalue weighted by atomic mass is 10.1. The monoisotopic (exact) mass is 300 g/mol. The van der Waals surface area contributed by atoms with Gasteiger partial charge in [-0.25, -0.2) is 10.2 Å². The van der Waals surface area contributed by atoms with Gasteiger partial charge in [-0.05, 0) is 57.5 Å². The zero-order valence-electron chi connectivity index (χ0n) is 12.3. The molecule has 0 unspecified atom stereocenters. The number of nitrogens with zero attached hydrogens (tertiary/aromatic N) is 1. The van der Waals surface area contributed by atoms with Crippen molar-refractivity contribution in [3.63, 3.8) is 0 Å². The number of benzene rings is 1. The van der Waals surface area contributed by atoms with Gasteiger partial charge in [0.1, 0.15) is 11.4 Å². The molecule has 0 fully saturated rings. The second-order valence-corrected chi connectivity index (χ2v) is 5.21. The molecule has 0 aliphatic rings. The van der Waals surface area contributed by atoms with Crippen LogP contribution in [-0.4, -0.2) is 24.0 Å². The summed E-state index contributed by atoms with van der Waals surface area (Å²) in [5, 5.41) is 3.87. The second-order valence-electron chi connectivity index (χ2n) is 5.21. The molecule has 1 aromatic carbocycles. The minimum Gasteiger partial charge on any atom is -0.443 e. The van der Waals surface area contributed by atoms with E-state index in [1.54, 1.807) is 39.8 Å². The number of carbonyl (C=O) groups is 1. The molecule has 1 amide bonds. The highest BCUT2D eigenvalue weighted by molar-refractivity contribution is 5.99. The van der Waals surface area contributed by atoms with E-state index >= 15 is 0 Å². The van der Waals surface area contributed by atoms with Crippen LogP contribution in [0.2, 0.25) is 0 Å². The molecule has 0 spiro atoms. The van der Waals surface area contributed by atoms with Crippen LogP contribution in [0.15, 0.2) is 29.4 Å². The summed E-state index contributed by atoms with van der Waals surface area (Å²) in [6.45, 7) is 4.03. The number of ether oxygens (including phenoxy) is 2. The third-order valence-electron chi connectivity index (χ3n) is 2.21. The van der Waals surface area contributed by atoms with Crippen molar-refractivity contribution in [2.75, 3.05) is 0 Å². The van der Waals surface area contributed by atoms with E-state index in [9.17, 15) is 13.6 Å². The number of hydrazone groups is 1. The zero-order chi connectivity index (χ0) is 16.0. The summed E-state index contributed by atoms with van der Waals surface area (Å²) in [6, 6.07) is 5.92. The summed E-state index contributed by atoms with van der Waals surface area (Å²) in [7, 11) is 0. The van der Waals surface area contributed by atoms with Gasteiger partial charge in [-0.2, -0.15) is 13.9 Å². The van der Waals surface area contributed by atoms with Crippen molar-refractivity contribution in [3.05, 3.63) is 29.8 Å². The SMILES string of the molecule is C/C(=N\NC(=O)OC(C)(C)C)c1ccc(OC(F)F)cc1. The van der Waals surface area contributed by atoms with E-state index in [1.165, 1.54) is 12.1 Å². The predicted octanol–water partition coefficient (Wildman–Crippen LogP) is 3.54. The molecule has 0 saturated carbocycles. The molecule has 116 valence electrons. The number of alkyl halides is 2. The summed E-state index contributed by atoms with van der Waals surface area (Å²) in [5.74, 6) is 0.0571. The molecule has 0 heterocycles. The van der Waals surface area contributed by atoms with Crippen LogP contribution in [0.3, 0.4) is 0 Å². The largest absolute Gasteiger partial charge is 0.443 e. The van der Waals surface area contributed by atoms with Gasteiger partial charge >= 0.3 is 12.7 Å². The van der Waals surface area contributed by atoms with E-state index in [0.717, 1.165) is 0 Å². The van der Waals surface area contributed by atoms with E-state index in [1.807, 2.05) is 0 Å². The van der Waals surface area contributed by atoms with Gasteiger partial charge in [-0.1, -0.05) is 0 Å². The first-order valence-corrected chi connectivity index (χ1v) is 6.26. The average molecular weight is 300 g/mol. The zero-order valence-corrected chi connectivity index (χ0v) is 12.3. The lowest BCUT2D eigenvalue weighted by Gasteiger charge is -2.18. The maximum absolute atomic E-state index is 12.0. The normalized spacial score (nSPS) is 12.2. The lowest BCUT2D eigenvalue weighted by molar-refractivity contribution is -0.0498. The summed E-state index contributed by atoms with van der Waals surface area (Å²) >= 11 is 0. The Hall–Kier alpha value is -2.18. The number of amides is 1. The van der Waals surface area contributed by atoms with Gasteiger partial charge in [0.05, 0.1) is 5.71 Å². The number of rotatable bonds is 4. The highest BCUT2D eigenvalue weighted by Gasteiger charge is 2.15. The Bertz CT molecular complexity index is 508.